The van der Waals surface area contributed by atoms with Gasteiger partial charge in [0.1, 0.15) is 11.5 Å². The van der Waals surface area contributed by atoms with Crippen molar-refractivity contribution < 1.29 is 4.42 Å². The zero-order valence-corrected chi connectivity index (χ0v) is 13.0. The molecular formula is C16H28N2O. The average Bonchev–Trinajstić information content (AvgIpc) is 2.72. The Labute approximate surface area is 117 Å². The second-order valence-electron chi connectivity index (χ2n) is 6.28. The fraction of sp³-hybridized carbons (Fsp3) is 0.625. The van der Waals surface area contributed by atoms with Crippen molar-refractivity contribution in [3.05, 3.63) is 36.3 Å². The van der Waals surface area contributed by atoms with Crippen LogP contribution in [0.25, 0.3) is 0 Å². The molecule has 0 saturated carbocycles. The van der Waals surface area contributed by atoms with Gasteiger partial charge in [-0.3, -0.25) is 4.90 Å². The number of hydrogen-bond acceptors (Lipinski definition) is 3. The van der Waals surface area contributed by atoms with E-state index in [-0.39, 0.29) is 5.54 Å². The standard InChI is InChI=1S/C16H28N2O/c1-7-10-18(13(2)3)12-15-9-8-14(19-15)11-17-16(4,5)6/h7-9,13,17H,1,10-12H2,2-6H3. The molecule has 108 valence electrons. The molecule has 1 aromatic rings. The van der Waals surface area contributed by atoms with E-state index in [1.807, 2.05) is 6.08 Å². The number of nitrogens with one attached hydrogen (secondary N) is 1. The number of nitrogens with zero attached hydrogens (tertiary/aromatic N) is 1. The molecule has 0 aliphatic carbocycles. The Kier molecular flexibility index (Phi) is 5.83. The summed E-state index contributed by atoms with van der Waals surface area (Å²) >= 11 is 0. The maximum absolute atomic E-state index is 5.87. The minimum atomic E-state index is 0.111. The number of hydrogen-bond donors (Lipinski definition) is 1. The highest BCUT2D eigenvalue weighted by Crippen LogP contribution is 2.13. The molecule has 0 atom stereocenters. The van der Waals surface area contributed by atoms with Crippen molar-refractivity contribution in [2.24, 2.45) is 0 Å². The number of rotatable bonds is 7. The van der Waals surface area contributed by atoms with Crippen LogP contribution in [0.4, 0.5) is 0 Å². The van der Waals surface area contributed by atoms with Gasteiger partial charge in [0.15, 0.2) is 0 Å². The summed E-state index contributed by atoms with van der Waals surface area (Å²) in [6.45, 7) is 17.1. The normalized spacial score (nSPS) is 12.4. The fourth-order valence-electron chi connectivity index (χ4n) is 1.78. The van der Waals surface area contributed by atoms with Crippen LogP contribution in [0.15, 0.2) is 29.2 Å². The van der Waals surface area contributed by atoms with Crippen LogP contribution in [0.5, 0.6) is 0 Å². The zero-order chi connectivity index (χ0) is 14.5. The lowest BCUT2D eigenvalue weighted by atomic mass is 10.1. The first-order chi connectivity index (χ1) is 8.81. The molecule has 1 aromatic heterocycles. The Morgan fingerprint density at radius 2 is 1.95 bits per heavy atom. The highest BCUT2D eigenvalue weighted by atomic mass is 16.3. The molecule has 0 saturated heterocycles. The zero-order valence-electron chi connectivity index (χ0n) is 13.0. The van der Waals surface area contributed by atoms with Crippen molar-refractivity contribution in [3.8, 4) is 0 Å². The molecule has 0 aliphatic heterocycles. The lowest BCUT2D eigenvalue weighted by Crippen LogP contribution is -2.34. The molecule has 0 fully saturated rings. The van der Waals surface area contributed by atoms with Gasteiger partial charge >= 0.3 is 0 Å². The van der Waals surface area contributed by atoms with Gasteiger partial charge in [-0.25, -0.2) is 0 Å². The predicted molar refractivity (Wildman–Crippen MR) is 81.0 cm³/mol. The van der Waals surface area contributed by atoms with Gasteiger partial charge in [0, 0.05) is 18.1 Å². The van der Waals surface area contributed by atoms with Gasteiger partial charge in [0.05, 0.1) is 13.1 Å². The van der Waals surface area contributed by atoms with Gasteiger partial charge in [-0.15, -0.1) is 6.58 Å². The second-order valence-corrected chi connectivity index (χ2v) is 6.28. The highest BCUT2D eigenvalue weighted by Gasteiger charge is 2.13. The van der Waals surface area contributed by atoms with E-state index in [0.29, 0.717) is 6.04 Å². The lowest BCUT2D eigenvalue weighted by molar-refractivity contribution is 0.215. The summed E-state index contributed by atoms with van der Waals surface area (Å²) in [5, 5.41) is 3.43. The monoisotopic (exact) mass is 264 g/mol. The molecule has 0 spiro atoms. The third-order valence-corrected chi connectivity index (χ3v) is 2.96. The van der Waals surface area contributed by atoms with Gasteiger partial charge in [-0.05, 0) is 46.8 Å². The summed E-state index contributed by atoms with van der Waals surface area (Å²) in [7, 11) is 0. The molecule has 0 unspecified atom stereocenters. The molecule has 1 heterocycles. The first kappa shape index (κ1) is 16.0. The largest absolute Gasteiger partial charge is 0.463 e. The van der Waals surface area contributed by atoms with Crippen LogP contribution < -0.4 is 5.32 Å². The van der Waals surface area contributed by atoms with Gasteiger partial charge in [-0.2, -0.15) is 0 Å². The third kappa shape index (κ3) is 6.08. The molecule has 0 amide bonds. The van der Waals surface area contributed by atoms with Crippen molar-refractivity contribution in [2.75, 3.05) is 6.54 Å². The van der Waals surface area contributed by atoms with Gasteiger partial charge in [-0.1, -0.05) is 6.08 Å². The molecule has 3 heteroatoms. The average molecular weight is 264 g/mol. The smallest absolute Gasteiger partial charge is 0.118 e. The van der Waals surface area contributed by atoms with E-state index in [4.69, 9.17) is 4.42 Å². The molecular weight excluding hydrogens is 236 g/mol. The summed E-state index contributed by atoms with van der Waals surface area (Å²) in [4.78, 5) is 2.33. The van der Waals surface area contributed by atoms with Crippen LogP contribution in [0.2, 0.25) is 0 Å². The minimum Gasteiger partial charge on any atom is -0.463 e. The van der Waals surface area contributed by atoms with Crippen LogP contribution in [0.3, 0.4) is 0 Å². The molecule has 0 bridgehead atoms. The van der Waals surface area contributed by atoms with E-state index in [0.717, 1.165) is 31.2 Å². The molecule has 1 N–H and O–H groups in total. The van der Waals surface area contributed by atoms with Crippen molar-refractivity contribution >= 4 is 0 Å². The molecule has 1 rings (SSSR count). The van der Waals surface area contributed by atoms with Crippen LogP contribution in [0, 0.1) is 0 Å². The maximum Gasteiger partial charge on any atom is 0.118 e. The maximum atomic E-state index is 5.87. The highest BCUT2D eigenvalue weighted by molar-refractivity contribution is 5.07. The molecule has 0 aliphatic rings. The van der Waals surface area contributed by atoms with Gasteiger partial charge < -0.3 is 9.73 Å². The fourth-order valence-corrected chi connectivity index (χ4v) is 1.78. The lowest BCUT2D eigenvalue weighted by Gasteiger charge is -2.23. The molecule has 0 radical (unpaired) electrons. The second kappa shape index (κ2) is 6.92. The summed E-state index contributed by atoms with van der Waals surface area (Å²) in [6, 6.07) is 4.61. The third-order valence-electron chi connectivity index (χ3n) is 2.96. The summed E-state index contributed by atoms with van der Waals surface area (Å²) in [5.74, 6) is 2.01. The Morgan fingerprint density at radius 1 is 1.32 bits per heavy atom. The first-order valence-electron chi connectivity index (χ1n) is 6.99. The van der Waals surface area contributed by atoms with E-state index in [9.17, 15) is 0 Å². The summed E-state index contributed by atoms with van der Waals surface area (Å²) in [5.41, 5.74) is 0.111. The Hall–Kier alpha value is -1.06. The van der Waals surface area contributed by atoms with E-state index < -0.39 is 0 Å². The van der Waals surface area contributed by atoms with Gasteiger partial charge in [0.25, 0.3) is 0 Å². The Bertz CT molecular complexity index is 388. The predicted octanol–water partition coefficient (Wildman–Crippen LogP) is 3.56. The molecule has 0 aromatic carbocycles. The molecule has 19 heavy (non-hydrogen) atoms. The molecule has 3 nitrogen and oxygen atoms in total. The van der Waals surface area contributed by atoms with Crippen LogP contribution in [-0.2, 0) is 13.1 Å². The minimum absolute atomic E-state index is 0.111. The SMILES string of the molecule is C=CCN(Cc1ccc(CNC(C)(C)C)o1)C(C)C. The Balaban J connectivity index is 2.56. The van der Waals surface area contributed by atoms with E-state index in [1.54, 1.807) is 0 Å². The summed E-state index contributed by atoms with van der Waals surface area (Å²) in [6.07, 6.45) is 1.94. The van der Waals surface area contributed by atoms with Crippen LogP contribution >= 0.6 is 0 Å². The van der Waals surface area contributed by atoms with Crippen LogP contribution in [-0.4, -0.2) is 23.0 Å². The van der Waals surface area contributed by atoms with Crippen molar-refractivity contribution in [1.82, 2.24) is 10.2 Å². The number of furan rings is 1. The van der Waals surface area contributed by atoms with Crippen molar-refractivity contribution in [3.63, 3.8) is 0 Å². The quantitative estimate of drug-likeness (QED) is 0.763. The summed E-state index contributed by atoms with van der Waals surface area (Å²) < 4.78 is 5.87. The van der Waals surface area contributed by atoms with Gasteiger partial charge in [0.2, 0.25) is 0 Å². The van der Waals surface area contributed by atoms with Crippen LogP contribution in [0.1, 0.15) is 46.1 Å². The first-order valence-corrected chi connectivity index (χ1v) is 6.99. The topological polar surface area (TPSA) is 28.4 Å². The van der Waals surface area contributed by atoms with E-state index >= 15 is 0 Å². The van der Waals surface area contributed by atoms with E-state index in [1.165, 1.54) is 0 Å². The van der Waals surface area contributed by atoms with Crippen molar-refractivity contribution in [2.45, 2.75) is 59.3 Å². The Morgan fingerprint density at radius 3 is 2.47 bits per heavy atom. The van der Waals surface area contributed by atoms with E-state index in [2.05, 4.69) is 63.5 Å². The van der Waals surface area contributed by atoms with Crippen molar-refractivity contribution in [1.29, 1.82) is 0 Å².